The van der Waals surface area contributed by atoms with Gasteiger partial charge in [-0.1, -0.05) is 23.7 Å². The summed E-state index contributed by atoms with van der Waals surface area (Å²) in [7, 11) is 0. The smallest absolute Gasteiger partial charge is 0.278 e. The van der Waals surface area contributed by atoms with Crippen LogP contribution in [0.15, 0.2) is 57.9 Å². The number of nitrogens with one attached hydrogen (secondary N) is 1. The molecule has 1 aromatic carbocycles. The van der Waals surface area contributed by atoms with Crippen molar-refractivity contribution in [2.24, 2.45) is 0 Å². The molecule has 0 saturated heterocycles. The molecule has 0 aliphatic rings. The third kappa shape index (κ3) is 2.31. The average Bonchev–Trinajstić information content (AvgIpc) is 3.11. The highest BCUT2D eigenvalue weighted by Crippen LogP contribution is 2.26. The summed E-state index contributed by atoms with van der Waals surface area (Å²) in [4.78, 5) is 16.1. The van der Waals surface area contributed by atoms with Gasteiger partial charge in [0.05, 0.1) is 17.0 Å². The number of aromatic nitrogens is 1. The zero-order chi connectivity index (χ0) is 13.9. The number of carbonyl (C=O) groups excluding carboxylic acids is 1. The molecule has 0 fully saturated rings. The molecule has 2 aromatic heterocycles. The largest absolute Gasteiger partial charge is 0.461 e. The van der Waals surface area contributed by atoms with Gasteiger partial charge in [-0.05, 0) is 24.3 Å². The highest BCUT2D eigenvalue weighted by atomic mass is 35.5. The molecule has 3 aromatic rings. The van der Waals surface area contributed by atoms with Gasteiger partial charge in [0, 0.05) is 0 Å². The van der Waals surface area contributed by atoms with Crippen molar-refractivity contribution in [2.45, 2.75) is 0 Å². The van der Waals surface area contributed by atoms with Gasteiger partial charge in [0.15, 0.2) is 17.8 Å². The van der Waals surface area contributed by atoms with E-state index in [9.17, 15) is 4.79 Å². The van der Waals surface area contributed by atoms with Crippen LogP contribution in [-0.4, -0.2) is 10.9 Å². The Labute approximate surface area is 119 Å². The first kappa shape index (κ1) is 12.5. The lowest BCUT2D eigenvalue weighted by molar-refractivity contribution is 0.102. The molecule has 3 rings (SSSR count). The summed E-state index contributed by atoms with van der Waals surface area (Å²) in [6, 6.07) is 10.3. The standard InChI is InChI=1S/C14H9ClN2O3/c15-9-4-1-2-5-10(9)17-14(18)12-13(20-8-16-12)11-6-3-7-19-11/h1-8H,(H,17,18). The van der Waals surface area contributed by atoms with Crippen LogP contribution in [0.3, 0.4) is 0 Å². The van der Waals surface area contributed by atoms with E-state index >= 15 is 0 Å². The van der Waals surface area contributed by atoms with Crippen molar-refractivity contribution in [3.63, 3.8) is 0 Å². The number of para-hydroxylation sites is 1. The summed E-state index contributed by atoms with van der Waals surface area (Å²) in [5, 5.41) is 3.13. The number of benzene rings is 1. The number of halogens is 1. The van der Waals surface area contributed by atoms with Crippen LogP contribution in [-0.2, 0) is 0 Å². The van der Waals surface area contributed by atoms with Crippen LogP contribution in [0.25, 0.3) is 11.5 Å². The summed E-state index contributed by atoms with van der Waals surface area (Å²) in [5.41, 5.74) is 0.646. The number of rotatable bonds is 3. The number of hydrogen-bond donors (Lipinski definition) is 1. The van der Waals surface area contributed by atoms with Gasteiger partial charge < -0.3 is 14.2 Å². The zero-order valence-electron chi connectivity index (χ0n) is 10.2. The van der Waals surface area contributed by atoms with Crippen molar-refractivity contribution >= 4 is 23.2 Å². The molecule has 0 aliphatic carbocycles. The fourth-order valence-electron chi connectivity index (χ4n) is 1.73. The molecule has 100 valence electrons. The summed E-state index contributed by atoms with van der Waals surface area (Å²) < 4.78 is 10.4. The molecule has 0 saturated carbocycles. The monoisotopic (exact) mass is 288 g/mol. The molecule has 5 nitrogen and oxygen atoms in total. The maximum Gasteiger partial charge on any atom is 0.278 e. The molecule has 0 unspecified atom stereocenters. The zero-order valence-corrected chi connectivity index (χ0v) is 10.9. The summed E-state index contributed by atoms with van der Waals surface area (Å²) >= 11 is 5.99. The van der Waals surface area contributed by atoms with Crippen molar-refractivity contribution in [1.29, 1.82) is 0 Å². The van der Waals surface area contributed by atoms with E-state index in [4.69, 9.17) is 20.4 Å². The minimum atomic E-state index is -0.418. The lowest BCUT2D eigenvalue weighted by Crippen LogP contribution is -2.13. The van der Waals surface area contributed by atoms with Crippen LogP contribution < -0.4 is 5.32 Å². The van der Waals surface area contributed by atoms with E-state index in [0.717, 1.165) is 0 Å². The highest BCUT2D eigenvalue weighted by molar-refractivity contribution is 6.33. The first-order valence-corrected chi connectivity index (χ1v) is 6.17. The molecule has 1 N–H and O–H groups in total. The number of amides is 1. The summed E-state index contributed by atoms with van der Waals surface area (Å²) in [6.07, 6.45) is 2.69. The maximum atomic E-state index is 12.2. The fraction of sp³-hybridized carbons (Fsp3) is 0. The third-order valence-corrected chi connectivity index (χ3v) is 2.98. The second-order valence-electron chi connectivity index (χ2n) is 3.94. The Bertz CT molecular complexity index is 734. The van der Waals surface area contributed by atoms with Crippen molar-refractivity contribution in [1.82, 2.24) is 4.98 Å². The fourth-order valence-corrected chi connectivity index (χ4v) is 1.92. The van der Waals surface area contributed by atoms with Crippen molar-refractivity contribution in [2.75, 3.05) is 5.32 Å². The van der Waals surface area contributed by atoms with E-state index in [1.807, 2.05) is 0 Å². The number of furan rings is 1. The van der Waals surface area contributed by atoms with Gasteiger partial charge in [-0.25, -0.2) is 4.98 Å². The molecule has 0 radical (unpaired) electrons. The second-order valence-corrected chi connectivity index (χ2v) is 4.35. The Morgan fingerprint density at radius 1 is 1.15 bits per heavy atom. The maximum absolute atomic E-state index is 12.2. The van der Waals surface area contributed by atoms with Gasteiger partial charge in [-0.15, -0.1) is 0 Å². The molecule has 20 heavy (non-hydrogen) atoms. The first-order valence-electron chi connectivity index (χ1n) is 5.79. The first-order chi connectivity index (χ1) is 9.75. The lowest BCUT2D eigenvalue weighted by Gasteiger charge is -2.05. The lowest BCUT2D eigenvalue weighted by atomic mass is 10.2. The molecule has 0 aliphatic heterocycles. The molecule has 2 heterocycles. The van der Waals surface area contributed by atoms with Crippen molar-refractivity contribution in [3.05, 3.63) is 59.8 Å². The van der Waals surface area contributed by atoms with Crippen LogP contribution >= 0.6 is 11.6 Å². The van der Waals surface area contributed by atoms with Crippen LogP contribution in [0, 0.1) is 0 Å². The third-order valence-electron chi connectivity index (χ3n) is 2.65. The number of carbonyl (C=O) groups is 1. The summed E-state index contributed by atoms with van der Waals surface area (Å²) in [6.45, 7) is 0. The van der Waals surface area contributed by atoms with Gasteiger partial charge in [-0.3, -0.25) is 4.79 Å². The molecule has 0 bridgehead atoms. The predicted octanol–water partition coefficient (Wildman–Crippen LogP) is 3.84. The van der Waals surface area contributed by atoms with Gasteiger partial charge >= 0.3 is 0 Å². The summed E-state index contributed by atoms with van der Waals surface area (Å²) in [5.74, 6) is 0.296. The van der Waals surface area contributed by atoms with Crippen LogP contribution in [0.2, 0.25) is 5.02 Å². The Balaban J connectivity index is 1.89. The SMILES string of the molecule is O=C(Nc1ccccc1Cl)c1ncoc1-c1ccco1. The predicted molar refractivity (Wildman–Crippen MR) is 73.6 cm³/mol. The highest BCUT2D eigenvalue weighted by Gasteiger charge is 2.20. The van der Waals surface area contributed by atoms with Crippen molar-refractivity contribution < 1.29 is 13.6 Å². The van der Waals surface area contributed by atoms with E-state index in [0.29, 0.717) is 16.5 Å². The second kappa shape index (κ2) is 5.22. The Morgan fingerprint density at radius 2 is 2.00 bits per heavy atom. The van der Waals surface area contributed by atoms with Gasteiger partial charge in [-0.2, -0.15) is 0 Å². The Hall–Kier alpha value is -2.53. The number of nitrogens with zero attached hydrogens (tertiary/aromatic N) is 1. The van der Waals surface area contributed by atoms with E-state index in [1.54, 1.807) is 36.4 Å². The average molecular weight is 289 g/mol. The van der Waals surface area contributed by atoms with Crippen molar-refractivity contribution in [3.8, 4) is 11.5 Å². The van der Waals surface area contributed by atoms with Gasteiger partial charge in [0.2, 0.25) is 5.76 Å². The van der Waals surface area contributed by atoms with Gasteiger partial charge in [0.1, 0.15) is 0 Å². The van der Waals surface area contributed by atoms with Crippen LogP contribution in [0.5, 0.6) is 0 Å². The number of hydrogen-bond acceptors (Lipinski definition) is 4. The van der Waals surface area contributed by atoms with Gasteiger partial charge in [0.25, 0.3) is 5.91 Å². The normalized spacial score (nSPS) is 10.4. The molecular formula is C14H9ClN2O3. The Morgan fingerprint density at radius 3 is 2.75 bits per heavy atom. The minimum absolute atomic E-state index is 0.139. The Kier molecular flexibility index (Phi) is 3.26. The van der Waals surface area contributed by atoms with E-state index in [-0.39, 0.29) is 11.5 Å². The molecule has 0 spiro atoms. The minimum Gasteiger partial charge on any atom is -0.461 e. The molecule has 0 atom stereocenters. The molecule has 6 heteroatoms. The van der Waals surface area contributed by atoms with E-state index < -0.39 is 5.91 Å². The number of anilines is 1. The quantitative estimate of drug-likeness (QED) is 0.795. The van der Waals surface area contributed by atoms with Crippen LogP contribution in [0.4, 0.5) is 5.69 Å². The molecular weight excluding hydrogens is 280 g/mol. The van der Waals surface area contributed by atoms with Crippen LogP contribution in [0.1, 0.15) is 10.5 Å². The topological polar surface area (TPSA) is 68.3 Å². The van der Waals surface area contributed by atoms with E-state index in [2.05, 4.69) is 10.3 Å². The molecule has 1 amide bonds. The number of oxazole rings is 1. The van der Waals surface area contributed by atoms with E-state index in [1.165, 1.54) is 12.7 Å².